The first-order chi connectivity index (χ1) is 10.2. The van der Waals surface area contributed by atoms with Gasteiger partial charge in [0.15, 0.2) is 5.96 Å². The first-order valence-corrected chi connectivity index (χ1v) is 7.18. The highest BCUT2D eigenvalue weighted by Gasteiger charge is 2.12. The van der Waals surface area contributed by atoms with Crippen LogP contribution in [0.2, 0.25) is 0 Å². The first-order valence-electron chi connectivity index (χ1n) is 7.18. The first kappa shape index (κ1) is 15.1. The van der Waals surface area contributed by atoms with Crippen LogP contribution in [-0.2, 0) is 0 Å². The third-order valence-electron chi connectivity index (χ3n) is 3.21. The van der Waals surface area contributed by atoms with E-state index < -0.39 is 0 Å². The van der Waals surface area contributed by atoms with E-state index >= 15 is 0 Å². The maximum Gasteiger partial charge on any atom is 0.292 e. The minimum absolute atomic E-state index is 0.126. The Balaban J connectivity index is 1.76. The van der Waals surface area contributed by atoms with E-state index in [1.165, 1.54) is 0 Å². The molecule has 0 bridgehead atoms. The van der Waals surface area contributed by atoms with Crippen LogP contribution in [0, 0.1) is 17.0 Å². The Morgan fingerprint density at radius 1 is 1.38 bits per heavy atom. The fourth-order valence-corrected chi connectivity index (χ4v) is 2.11. The molecule has 7 heteroatoms. The van der Waals surface area contributed by atoms with Crippen molar-refractivity contribution >= 4 is 17.3 Å². The second-order valence-corrected chi connectivity index (χ2v) is 5.00. The number of nitrogens with one attached hydrogen (secondary N) is 3. The summed E-state index contributed by atoms with van der Waals surface area (Å²) >= 11 is 0. The molecule has 0 aliphatic carbocycles. The van der Waals surface area contributed by atoms with Crippen molar-refractivity contribution in [3.63, 3.8) is 0 Å². The molecule has 1 heterocycles. The molecule has 0 spiro atoms. The van der Waals surface area contributed by atoms with Gasteiger partial charge in [-0.05, 0) is 31.4 Å². The topological polar surface area (TPSA) is 91.6 Å². The van der Waals surface area contributed by atoms with Gasteiger partial charge in [-0.15, -0.1) is 0 Å². The minimum atomic E-state index is -0.353. The number of rotatable bonds is 6. The number of anilines is 1. The lowest BCUT2D eigenvalue weighted by atomic mass is 10.2. The van der Waals surface area contributed by atoms with E-state index in [9.17, 15) is 10.1 Å². The van der Waals surface area contributed by atoms with Crippen molar-refractivity contribution in [2.75, 3.05) is 31.5 Å². The summed E-state index contributed by atoms with van der Waals surface area (Å²) < 4.78 is 0. The third-order valence-corrected chi connectivity index (χ3v) is 3.21. The molecule has 1 aliphatic heterocycles. The Morgan fingerprint density at radius 3 is 2.90 bits per heavy atom. The van der Waals surface area contributed by atoms with Crippen molar-refractivity contribution in [1.82, 2.24) is 10.6 Å². The van der Waals surface area contributed by atoms with Gasteiger partial charge in [0, 0.05) is 32.2 Å². The van der Waals surface area contributed by atoms with E-state index in [4.69, 9.17) is 0 Å². The lowest BCUT2D eigenvalue weighted by Gasteiger charge is -2.16. The van der Waals surface area contributed by atoms with E-state index in [0.717, 1.165) is 44.0 Å². The van der Waals surface area contributed by atoms with Gasteiger partial charge < -0.3 is 16.0 Å². The number of guanidine groups is 1. The molecule has 3 N–H and O–H groups in total. The van der Waals surface area contributed by atoms with E-state index in [0.29, 0.717) is 12.2 Å². The largest absolute Gasteiger partial charge is 0.379 e. The van der Waals surface area contributed by atoms with Crippen molar-refractivity contribution in [1.29, 1.82) is 0 Å². The summed E-state index contributed by atoms with van der Waals surface area (Å²) in [4.78, 5) is 15.0. The Hall–Kier alpha value is -2.31. The van der Waals surface area contributed by atoms with Crippen molar-refractivity contribution in [3.05, 3.63) is 33.9 Å². The molecule has 1 aliphatic rings. The molecule has 0 saturated heterocycles. The molecule has 0 atom stereocenters. The number of nitro benzene ring substituents is 1. The average molecular weight is 291 g/mol. The summed E-state index contributed by atoms with van der Waals surface area (Å²) in [5.74, 6) is 0.850. The third kappa shape index (κ3) is 4.62. The Labute approximate surface area is 124 Å². The Bertz CT molecular complexity index is 530. The standard InChI is InChI=1S/C14H21N5O2/c1-11-4-5-12(13(10-11)19(20)21)15-6-2-7-16-14-17-8-3-9-18-14/h4-5,10,15H,2-3,6-9H2,1H3,(H2,16,17,18). The van der Waals surface area contributed by atoms with Gasteiger partial charge in [-0.1, -0.05) is 6.07 Å². The van der Waals surface area contributed by atoms with Crippen LogP contribution in [0.15, 0.2) is 23.2 Å². The molecule has 21 heavy (non-hydrogen) atoms. The highest BCUT2D eigenvalue weighted by atomic mass is 16.6. The second kappa shape index (κ2) is 7.47. The molecule has 1 aromatic rings. The van der Waals surface area contributed by atoms with Crippen LogP contribution in [0.3, 0.4) is 0 Å². The van der Waals surface area contributed by atoms with E-state index in [-0.39, 0.29) is 10.6 Å². The Kier molecular flexibility index (Phi) is 5.36. The molecule has 2 rings (SSSR count). The van der Waals surface area contributed by atoms with Crippen LogP contribution < -0.4 is 16.0 Å². The number of nitro groups is 1. The predicted octanol–water partition coefficient (Wildman–Crippen LogP) is 1.64. The van der Waals surface area contributed by atoms with Crippen LogP contribution in [-0.4, -0.2) is 37.1 Å². The second-order valence-electron chi connectivity index (χ2n) is 5.00. The van der Waals surface area contributed by atoms with E-state index in [2.05, 4.69) is 20.9 Å². The zero-order valence-electron chi connectivity index (χ0n) is 12.2. The lowest BCUT2D eigenvalue weighted by Crippen LogP contribution is -2.41. The predicted molar refractivity (Wildman–Crippen MR) is 83.9 cm³/mol. The number of hydrogen-bond donors (Lipinski definition) is 3. The van der Waals surface area contributed by atoms with Crippen LogP contribution in [0.1, 0.15) is 18.4 Å². The zero-order chi connectivity index (χ0) is 15.1. The van der Waals surface area contributed by atoms with Crippen molar-refractivity contribution < 1.29 is 4.92 Å². The van der Waals surface area contributed by atoms with Gasteiger partial charge in [-0.3, -0.25) is 15.1 Å². The van der Waals surface area contributed by atoms with Crippen molar-refractivity contribution in [2.24, 2.45) is 4.99 Å². The molecular formula is C14H21N5O2. The number of hydrogen-bond acceptors (Lipinski definition) is 6. The maximum absolute atomic E-state index is 11.0. The van der Waals surface area contributed by atoms with Crippen molar-refractivity contribution in [2.45, 2.75) is 19.8 Å². The van der Waals surface area contributed by atoms with Gasteiger partial charge in [0.1, 0.15) is 5.69 Å². The summed E-state index contributed by atoms with van der Waals surface area (Å²) in [6.45, 7) is 5.12. The van der Waals surface area contributed by atoms with Crippen LogP contribution in [0.25, 0.3) is 0 Å². The summed E-state index contributed by atoms with van der Waals surface area (Å²) in [7, 11) is 0. The molecule has 114 valence electrons. The molecule has 0 aromatic heterocycles. The molecule has 1 aromatic carbocycles. The molecule has 7 nitrogen and oxygen atoms in total. The quantitative estimate of drug-likeness (QED) is 0.421. The summed E-state index contributed by atoms with van der Waals surface area (Å²) in [6, 6.07) is 5.21. The molecular weight excluding hydrogens is 270 g/mol. The number of nitrogens with zero attached hydrogens (tertiary/aromatic N) is 2. The van der Waals surface area contributed by atoms with Gasteiger partial charge >= 0.3 is 0 Å². The highest BCUT2D eigenvalue weighted by Crippen LogP contribution is 2.24. The molecule has 0 fully saturated rings. The zero-order valence-corrected chi connectivity index (χ0v) is 12.2. The number of benzene rings is 1. The summed E-state index contributed by atoms with van der Waals surface area (Å²) in [5, 5.41) is 20.5. The lowest BCUT2D eigenvalue weighted by molar-refractivity contribution is -0.384. The number of aliphatic imine (C=N–C) groups is 1. The fourth-order valence-electron chi connectivity index (χ4n) is 2.11. The monoisotopic (exact) mass is 291 g/mol. The van der Waals surface area contributed by atoms with Crippen LogP contribution in [0.5, 0.6) is 0 Å². The van der Waals surface area contributed by atoms with E-state index in [1.54, 1.807) is 12.1 Å². The normalized spacial score (nSPS) is 14.0. The smallest absolute Gasteiger partial charge is 0.292 e. The average Bonchev–Trinajstić information content (AvgIpc) is 2.49. The van der Waals surface area contributed by atoms with Crippen LogP contribution in [0.4, 0.5) is 11.4 Å². The number of aryl methyl sites for hydroxylation is 1. The van der Waals surface area contributed by atoms with Gasteiger partial charge in [-0.25, -0.2) is 0 Å². The van der Waals surface area contributed by atoms with Crippen molar-refractivity contribution in [3.8, 4) is 0 Å². The van der Waals surface area contributed by atoms with Gasteiger partial charge in [0.25, 0.3) is 5.69 Å². The SMILES string of the molecule is Cc1ccc(NCCCNC2=NCCCN2)c([N+](=O)[O-])c1. The molecule has 0 amide bonds. The molecule has 0 radical (unpaired) electrons. The van der Waals surface area contributed by atoms with Gasteiger partial charge in [-0.2, -0.15) is 0 Å². The molecule has 0 unspecified atom stereocenters. The minimum Gasteiger partial charge on any atom is -0.379 e. The molecule has 0 saturated carbocycles. The van der Waals surface area contributed by atoms with E-state index in [1.807, 2.05) is 13.0 Å². The highest BCUT2D eigenvalue weighted by molar-refractivity contribution is 5.80. The Morgan fingerprint density at radius 2 is 2.19 bits per heavy atom. The maximum atomic E-state index is 11.0. The van der Waals surface area contributed by atoms with Gasteiger partial charge in [0.2, 0.25) is 0 Å². The summed E-state index contributed by atoms with van der Waals surface area (Å²) in [6.07, 6.45) is 1.93. The van der Waals surface area contributed by atoms with Crippen LogP contribution >= 0.6 is 0 Å². The van der Waals surface area contributed by atoms with Gasteiger partial charge in [0.05, 0.1) is 4.92 Å². The summed E-state index contributed by atoms with van der Waals surface area (Å²) in [5.41, 5.74) is 1.58. The fraction of sp³-hybridized carbons (Fsp3) is 0.500.